The monoisotopic (exact) mass is 265 g/mol. The third kappa shape index (κ3) is 3.49. The molecular weight excluding hydrogens is 242 g/mol. The summed E-state index contributed by atoms with van der Waals surface area (Å²) in [6.07, 6.45) is 6.24. The highest BCUT2D eigenvalue weighted by atomic mass is 35.5. The van der Waals surface area contributed by atoms with Crippen LogP contribution in [-0.4, -0.2) is 6.54 Å². The fourth-order valence-electron chi connectivity index (χ4n) is 2.76. The molecule has 18 heavy (non-hydrogen) atoms. The predicted molar refractivity (Wildman–Crippen MR) is 79.0 cm³/mol. The second kappa shape index (κ2) is 6.58. The van der Waals surface area contributed by atoms with Gasteiger partial charge >= 0.3 is 0 Å². The zero-order valence-corrected chi connectivity index (χ0v) is 12.2. The number of hydrogen-bond acceptors (Lipinski definition) is 1. The van der Waals surface area contributed by atoms with Crippen LogP contribution in [0.15, 0.2) is 24.3 Å². The summed E-state index contributed by atoms with van der Waals surface area (Å²) in [4.78, 5) is 0. The third-order valence-corrected chi connectivity index (χ3v) is 4.58. The largest absolute Gasteiger partial charge is 0.310 e. The molecule has 1 aromatic carbocycles. The van der Waals surface area contributed by atoms with E-state index in [4.69, 9.17) is 11.6 Å². The van der Waals surface area contributed by atoms with Crippen molar-refractivity contribution >= 4 is 11.6 Å². The molecule has 0 amide bonds. The molecule has 2 aliphatic carbocycles. The first-order valence-corrected chi connectivity index (χ1v) is 7.57. The van der Waals surface area contributed by atoms with Crippen molar-refractivity contribution in [3.05, 3.63) is 34.9 Å². The van der Waals surface area contributed by atoms with Crippen LogP contribution < -0.4 is 5.32 Å². The summed E-state index contributed by atoms with van der Waals surface area (Å²) in [7, 11) is 0. The summed E-state index contributed by atoms with van der Waals surface area (Å²) < 4.78 is 0. The molecule has 2 heteroatoms. The quantitative estimate of drug-likeness (QED) is 0.826. The van der Waals surface area contributed by atoms with Crippen molar-refractivity contribution in [2.24, 2.45) is 11.8 Å². The summed E-state index contributed by atoms with van der Waals surface area (Å²) in [5.41, 5.74) is 1.24. The predicted octanol–water partition coefficient (Wildman–Crippen LogP) is 4.82. The lowest BCUT2D eigenvalue weighted by molar-refractivity contribution is 0.0548. The molecule has 2 fully saturated rings. The fourth-order valence-corrected chi connectivity index (χ4v) is 2.96. The molecule has 2 saturated carbocycles. The van der Waals surface area contributed by atoms with Crippen LogP contribution in [-0.2, 0) is 0 Å². The van der Waals surface area contributed by atoms with E-state index in [1.807, 2.05) is 18.2 Å². The number of fused-ring (bicyclic) bond motifs is 1. The van der Waals surface area contributed by atoms with Crippen molar-refractivity contribution in [2.45, 2.75) is 45.6 Å². The number of rotatable bonds is 3. The van der Waals surface area contributed by atoms with Gasteiger partial charge in [-0.1, -0.05) is 30.7 Å². The maximum atomic E-state index is 5.86. The van der Waals surface area contributed by atoms with E-state index >= 15 is 0 Å². The minimum atomic E-state index is 0.383. The minimum absolute atomic E-state index is 0.383. The Hall–Kier alpha value is -0.530. The molecule has 0 aliphatic heterocycles. The Kier molecular flexibility index (Phi) is 5.08. The molecule has 1 N–H and O–H groups in total. The van der Waals surface area contributed by atoms with Crippen LogP contribution in [0.5, 0.6) is 0 Å². The highest BCUT2D eigenvalue weighted by molar-refractivity contribution is 6.30. The first-order valence-electron chi connectivity index (χ1n) is 7.19. The maximum Gasteiger partial charge on any atom is 0.0409 e. The summed E-state index contributed by atoms with van der Waals surface area (Å²) in [6.45, 7) is 5.21. The topological polar surface area (TPSA) is 12.0 Å². The smallest absolute Gasteiger partial charge is 0.0409 e. The third-order valence-electron chi connectivity index (χ3n) is 4.34. The van der Waals surface area contributed by atoms with Crippen LogP contribution in [0, 0.1) is 11.8 Å². The van der Waals surface area contributed by atoms with Gasteiger partial charge in [0.05, 0.1) is 0 Å². The summed E-state index contributed by atoms with van der Waals surface area (Å²) >= 11 is 5.86. The maximum absolute atomic E-state index is 5.86. The Morgan fingerprint density at radius 1 is 1.22 bits per heavy atom. The van der Waals surface area contributed by atoms with Gasteiger partial charge in [-0.15, -0.1) is 0 Å². The van der Waals surface area contributed by atoms with Crippen molar-refractivity contribution < 1.29 is 0 Å². The van der Waals surface area contributed by atoms with E-state index in [1.165, 1.54) is 17.4 Å². The molecule has 1 atom stereocenters. The highest BCUT2D eigenvalue weighted by Crippen LogP contribution is 2.49. The molecule has 1 aromatic rings. The lowest BCUT2D eigenvalue weighted by Gasteiger charge is -2.46. The lowest BCUT2D eigenvalue weighted by atomic mass is 9.60. The normalized spacial score (nSPS) is 25.9. The molecule has 0 heterocycles. The fraction of sp³-hybridized carbons (Fsp3) is 0.625. The molecule has 2 aliphatic rings. The molecule has 3 rings (SSSR count). The van der Waals surface area contributed by atoms with Gasteiger partial charge < -0.3 is 5.32 Å². The van der Waals surface area contributed by atoms with Gasteiger partial charge in [0.2, 0.25) is 0 Å². The Balaban J connectivity index is 0.000000164. The van der Waals surface area contributed by atoms with E-state index in [1.54, 1.807) is 25.7 Å². The number of nitrogens with one attached hydrogen (secondary N) is 1. The molecule has 0 radical (unpaired) electrons. The second-order valence-corrected chi connectivity index (χ2v) is 5.95. The van der Waals surface area contributed by atoms with Gasteiger partial charge in [-0.2, -0.15) is 0 Å². The van der Waals surface area contributed by atoms with Gasteiger partial charge in [0.25, 0.3) is 0 Å². The van der Waals surface area contributed by atoms with Crippen LogP contribution in [0.1, 0.15) is 51.1 Å². The van der Waals surface area contributed by atoms with Crippen molar-refractivity contribution in [1.82, 2.24) is 5.32 Å². The molecule has 1 nitrogen and oxygen atoms in total. The Labute approximate surface area is 116 Å². The van der Waals surface area contributed by atoms with Gasteiger partial charge in [0.1, 0.15) is 0 Å². The Morgan fingerprint density at radius 2 is 1.83 bits per heavy atom. The zero-order chi connectivity index (χ0) is 13.0. The van der Waals surface area contributed by atoms with Crippen molar-refractivity contribution in [3.8, 4) is 0 Å². The summed E-state index contributed by atoms with van der Waals surface area (Å²) in [5, 5.41) is 4.13. The van der Waals surface area contributed by atoms with Crippen LogP contribution in [0.2, 0.25) is 5.02 Å². The van der Waals surface area contributed by atoms with E-state index < -0.39 is 0 Å². The van der Waals surface area contributed by atoms with Crippen molar-refractivity contribution in [2.75, 3.05) is 6.54 Å². The molecule has 0 spiro atoms. The van der Waals surface area contributed by atoms with Crippen molar-refractivity contribution in [1.29, 1.82) is 0 Å². The second-order valence-electron chi connectivity index (χ2n) is 5.51. The zero-order valence-electron chi connectivity index (χ0n) is 11.5. The van der Waals surface area contributed by atoms with Crippen LogP contribution >= 0.6 is 11.6 Å². The molecular formula is C16H24ClN. The average Bonchev–Trinajstić information content (AvgIpc) is 2.35. The van der Waals surface area contributed by atoms with Crippen LogP contribution in [0.4, 0.5) is 0 Å². The van der Waals surface area contributed by atoms with E-state index in [2.05, 4.69) is 25.2 Å². The number of benzene rings is 1. The molecule has 100 valence electrons. The van der Waals surface area contributed by atoms with Crippen LogP contribution in [0.3, 0.4) is 0 Å². The molecule has 0 saturated heterocycles. The number of halogens is 1. The van der Waals surface area contributed by atoms with E-state index in [9.17, 15) is 0 Å². The van der Waals surface area contributed by atoms with E-state index in [0.717, 1.165) is 11.6 Å². The highest BCUT2D eigenvalue weighted by Gasteiger charge is 2.37. The Morgan fingerprint density at radius 3 is 2.22 bits per heavy atom. The first kappa shape index (κ1) is 13.9. The van der Waals surface area contributed by atoms with Gasteiger partial charge in [0, 0.05) is 11.1 Å². The average molecular weight is 266 g/mol. The molecule has 0 bridgehead atoms. The van der Waals surface area contributed by atoms with Crippen molar-refractivity contribution in [3.63, 3.8) is 0 Å². The minimum Gasteiger partial charge on any atom is -0.310 e. The molecule has 1 unspecified atom stereocenters. The number of hydrogen-bond donors (Lipinski definition) is 1. The van der Waals surface area contributed by atoms with E-state index in [0.29, 0.717) is 6.04 Å². The standard InChI is InChI=1S/C10H14ClN.C6H10/c1-3-12-8(2)9-5-4-6-10(11)7-9;1-2-6-4-3-5(1)6/h4-8,12H,3H2,1-2H3;5-6H,1-4H2. The van der Waals surface area contributed by atoms with Gasteiger partial charge in [0.15, 0.2) is 0 Å². The van der Waals surface area contributed by atoms with E-state index in [-0.39, 0.29) is 0 Å². The van der Waals surface area contributed by atoms with Gasteiger partial charge in [-0.05, 0) is 68.7 Å². The molecule has 0 aromatic heterocycles. The summed E-state index contributed by atoms with van der Waals surface area (Å²) in [6, 6.07) is 8.33. The van der Waals surface area contributed by atoms with Crippen LogP contribution in [0.25, 0.3) is 0 Å². The first-order chi connectivity index (χ1) is 8.70. The SMILES string of the molecule is C1CC2CCC12.CCNC(C)c1cccc(Cl)c1. The van der Waals surface area contributed by atoms with Gasteiger partial charge in [-0.3, -0.25) is 0 Å². The Bertz CT molecular complexity index is 359. The van der Waals surface area contributed by atoms with Gasteiger partial charge in [-0.25, -0.2) is 0 Å². The summed E-state index contributed by atoms with van der Waals surface area (Å²) in [5.74, 6) is 2.43. The lowest BCUT2D eigenvalue weighted by Crippen LogP contribution is -2.34.